The molecule has 170 valence electrons. The quantitative estimate of drug-likeness (QED) is 0.427. The van der Waals surface area contributed by atoms with E-state index in [1.54, 1.807) is 29.5 Å². The molecule has 1 aliphatic heterocycles. The number of para-hydroxylation sites is 1. The van der Waals surface area contributed by atoms with Crippen LogP contribution in [0, 0.1) is 0 Å². The number of carbonyl (C=O) groups excluding carboxylic acids is 1. The van der Waals surface area contributed by atoms with Gasteiger partial charge in [0.25, 0.3) is 5.91 Å². The number of ether oxygens (including phenoxy) is 2. The van der Waals surface area contributed by atoms with Crippen LogP contribution in [0.3, 0.4) is 0 Å². The zero-order valence-corrected chi connectivity index (χ0v) is 18.9. The molecule has 0 spiro atoms. The Hall–Kier alpha value is -3.81. The van der Waals surface area contributed by atoms with E-state index in [4.69, 9.17) is 18.9 Å². The minimum absolute atomic E-state index is 0.0973. The molecule has 33 heavy (non-hydrogen) atoms. The van der Waals surface area contributed by atoms with Gasteiger partial charge in [0, 0.05) is 24.7 Å². The molecule has 0 radical (unpaired) electrons. The van der Waals surface area contributed by atoms with Gasteiger partial charge in [-0.2, -0.15) is 5.10 Å². The van der Waals surface area contributed by atoms with Gasteiger partial charge in [-0.05, 0) is 45.0 Å². The van der Waals surface area contributed by atoms with Crippen LogP contribution >= 0.6 is 0 Å². The van der Waals surface area contributed by atoms with Crippen molar-refractivity contribution in [3.05, 3.63) is 60.0 Å². The first-order chi connectivity index (χ1) is 16.1. The van der Waals surface area contributed by atoms with Gasteiger partial charge in [-0.15, -0.1) is 0 Å². The van der Waals surface area contributed by atoms with Gasteiger partial charge in [0.15, 0.2) is 22.9 Å². The van der Waals surface area contributed by atoms with Crippen molar-refractivity contribution in [2.45, 2.75) is 33.4 Å². The highest BCUT2D eigenvalue weighted by molar-refractivity contribution is 6.06. The number of furan rings is 1. The molecule has 3 aromatic heterocycles. The van der Waals surface area contributed by atoms with Crippen LogP contribution in [0.2, 0.25) is 0 Å². The average molecular weight is 447 g/mol. The number of amides is 1. The van der Waals surface area contributed by atoms with E-state index < -0.39 is 0 Å². The van der Waals surface area contributed by atoms with Gasteiger partial charge >= 0.3 is 0 Å². The Bertz CT molecular complexity index is 1290. The van der Waals surface area contributed by atoms with E-state index in [2.05, 4.69) is 5.10 Å². The largest absolute Gasteiger partial charge is 0.486 e. The van der Waals surface area contributed by atoms with E-state index in [0.29, 0.717) is 60.5 Å². The molecule has 0 atom stereocenters. The van der Waals surface area contributed by atoms with Crippen LogP contribution in [0.1, 0.15) is 42.7 Å². The zero-order valence-electron chi connectivity index (χ0n) is 18.9. The SMILES string of the molecule is CCN(Cc1cccc2c1OCCO2)C(=O)c1cc(-c2ccco2)nc2c1cnn2C(C)C. The molecule has 0 N–H and O–H groups in total. The number of hydrogen-bond acceptors (Lipinski definition) is 6. The van der Waals surface area contributed by atoms with Gasteiger partial charge in [0.1, 0.15) is 18.9 Å². The van der Waals surface area contributed by atoms with E-state index in [1.807, 2.05) is 49.7 Å². The van der Waals surface area contributed by atoms with Crippen LogP contribution in [0.4, 0.5) is 0 Å². The van der Waals surface area contributed by atoms with Gasteiger partial charge in [0.2, 0.25) is 0 Å². The first-order valence-electron chi connectivity index (χ1n) is 11.2. The summed E-state index contributed by atoms with van der Waals surface area (Å²) in [6.45, 7) is 7.99. The summed E-state index contributed by atoms with van der Waals surface area (Å²) in [4.78, 5) is 20.4. The number of fused-ring (bicyclic) bond motifs is 2. The highest BCUT2D eigenvalue weighted by atomic mass is 16.6. The predicted molar refractivity (Wildman–Crippen MR) is 123 cm³/mol. The lowest BCUT2D eigenvalue weighted by Crippen LogP contribution is -2.31. The Labute approximate surface area is 191 Å². The second kappa shape index (κ2) is 8.61. The molecule has 1 aliphatic rings. The molecule has 0 saturated carbocycles. The van der Waals surface area contributed by atoms with Crippen molar-refractivity contribution in [2.24, 2.45) is 0 Å². The maximum Gasteiger partial charge on any atom is 0.255 e. The molecule has 1 amide bonds. The standard InChI is InChI=1S/C25H26N4O4/c1-4-28(15-17-7-5-8-22-23(17)33-12-11-32-22)25(30)18-13-20(21-9-6-10-31-21)27-24-19(18)14-26-29(24)16(2)3/h5-10,13-14,16H,4,11-12,15H2,1-3H3. The second-order valence-corrected chi connectivity index (χ2v) is 8.21. The fourth-order valence-corrected chi connectivity index (χ4v) is 4.09. The summed E-state index contributed by atoms with van der Waals surface area (Å²) < 4.78 is 19.0. The topological polar surface area (TPSA) is 82.6 Å². The molecule has 5 rings (SSSR count). The average Bonchev–Trinajstić information content (AvgIpc) is 3.52. The maximum absolute atomic E-state index is 13.8. The smallest absolute Gasteiger partial charge is 0.255 e. The summed E-state index contributed by atoms with van der Waals surface area (Å²) in [5.74, 6) is 1.93. The third-order valence-corrected chi connectivity index (χ3v) is 5.74. The fourth-order valence-electron chi connectivity index (χ4n) is 4.09. The summed E-state index contributed by atoms with van der Waals surface area (Å²) in [6.07, 6.45) is 3.32. The summed E-state index contributed by atoms with van der Waals surface area (Å²) >= 11 is 0. The predicted octanol–water partition coefficient (Wildman–Crippen LogP) is 4.71. The van der Waals surface area contributed by atoms with E-state index in [-0.39, 0.29) is 11.9 Å². The van der Waals surface area contributed by atoms with Crippen LogP contribution in [-0.4, -0.2) is 45.3 Å². The number of rotatable bonds is 6. The van der Waals surface area contributed by atoms with Crippen LogP contribution < -0.4 is 9.47 Å². The molecule has 0 aliphatic carbocycles. The molecular weight excluding hydrogens is 420 g/mol. The monoisotopic (exact) mass is 446 g/mol. The molecule has 4 heterocycles. The lowest BCUT2D eigenvalue weighted by Gasteiger charge is -2.25. The Morgan fingerprint density at radius 3 is 2.79 bits per heavy atom. The minimum atomic E-state index is -0.102. The van der Waals surface area contributed by atoms with Crippen molar-refractivity contribution < 1.29 is 18.7 Å². The Kier molecular flexibility index (Phi) is 5.50. The Morgan fingerprint density at radius 2 is 2.03 bits per heavy atom. The van der Waals surface area contributed by atoms with Gasteiger partial charge < -0.3 is 18.8 Å². The first-order valence-corrected chi connectivity index (χ1v) is 11.2. The molecule has 0 unspecified atom stereocenters. The molecule has 0 saturated heterocycles. The lowest BCUT2D eigenvalue weighted by atomic mass is 10.1. The third kappa shape index (κ3) is 3.82. The van der Waals surface area contributed by atoms with Crippen molar-refractivity contribution in [1.29, 1.82) is 0 Å². The first kappa shape index (κ1) is 21.1. The van der Waals surface area contributed by atoms with E-state index in [9.17, 15) is 4.79 Å². The summed E-state index contributed by atoms with van der Waals surface area (Å²) in [5, 5.41) is 5.22. The Morgan fingerprint density at radius 1 is 1.18 bits per heavy atom. The molecule has 8 nitrogen and oxygen atoms in total. The van der Waals surface area contributed by atoms with Crippen molar-refractivity contribution >= 4 is 16.9 Å². The van der Waals surface area contributed by atoms with Crippen molar-refractivity contribution in [3.8, 4) is 23.0 Å². The number of benzene rings is 1. The molecule has 8 heteroatoms. The van der Waals surface area contributed by atoms with Crippen molar-refractivity contribution in [2.75, 3.05) is 19.8 Å². The maximum atomic E-state index is 13.8. The van der Waals surface area contributed by atoms with Crippen molar-refractivity contribution in [1.82, 2.24) is 19.7 Å². The molecule has 0 fully saturated rings. The molecule has 1 aromatic carbocycles. The van der Waals surface area contributed by atoms with E-state index >= 15 is 0 Å². The lowest BCUT2D eigenvalue weighted by molar-refractivity contribution is 0.0751. The molecular formula is C25H26N4O4. The molecule has 4 aromatic rings. The van der Waals surface area contributed by atoms with Crippen LogP contribution in [0.5, 0.6) is 11.5 Å². The molecule has 0 bridgehead atoms. The van der Waals surface area contributed by atoms with E-state index in [0.717, 1.165) is 10.9 Å². The van der Waals surface area contributed by atoms with Gasteiger partial charge in [-0.3, -0.25) is 4.79 Å². The van der Waals surface area contributed by atoms with Gasteiger partial charge in [-0.25, -0.2) is 9.67 Å². The number of hydrogen-bond donors (Lipinski definition) is 0. The van der Waals surface area contributed by atoms with Crippen LogP contribution in [0.15, 0.2) is 53.3 Å². The van der Waals surface area contributed by atoms with Crippen molar-refractivity contribution in [3.63, 3.8) is 0 Å². The third-order valence-electron chi connectivity index (χ3n) is 5.74. The summed E-state index contributed by atoms with van der Waals surface area (Å²) in [6, 6.07) is 11.3. The fraction of sp³-hybridized carbons (Fsp3) is 0.320. The van der Waals surface area contributed by atoms with Gasteiger partial charge in [0.05, 0.1) is 23.4 Å². The number of nitrogens with zero attached hydrogens (tertiary/aromatic N) is 4. The van der Waals surface area contributed by atoms with Gasteiger partial charge in [-0.1, -0.05) is 12.1 Å². The number of carbonyl (C=O) groups is 1. The summed E-state index contributed by atoms with van der Waals surface area (Å²) in [7, 11) is 0. The zero-order chi connectivity index (χ0) is 22.9. The summed E-state index contributed by atoms with van der Waals surface area (Å²) in [5.41, 5.74) is 2.72. The van der Waals surface area contributed by atoms with Crippen LogP contribution in [0.25, 0.3) is 22.5 Å². The highest BCUT2D eigenvalue weighted by Gasteiger charge is 2.24. The second-order valence-electron chi connectivity index (χ2n) is 8.21. The normalized spacial score (nSPS) is 13.0. The number of pyridine rings is 1. The highest BCUT2D eigenvalue weighted by Crippen LogP contribution is 2.35. The minimum Gasteiger partial charge on any atom is -0.486 e. The Balaban J connectivity index is 1.57. The van der Waals surface area contributed by atoms with Crippen LogP contribution in [-0.2, 0) is 6.54 Å². The van der Waals surface area contributed by atoms with E-state index in [1.165, 1.54) is 0 Å². The number of aromatic nitrogens is 3.